The highest BCUT2D eigenvalue weighted by Crippen LogP contribution is 2.19. The molecule has 0 radical (unpaired) electrons. The number of alkyl halides is 1. The van der Waals surface area contributed by atoms with Crippen molar-refractivity contribution in [3.63, 3.8) is 0 Å². The Kier molecular flexibility index (Phi) is 4.56. The predicted molar refractivity (Wildman–Crippen MR) is 61.5 cm³/mol. The largest absolute Gasteiger partial charge is 0.468 e. The Balaban J connectivity index is 2.91. The van der Waals surface area contributed by atoms with Gasteiger partial charge in [-0.25, -0.2) is 4.39 Å². The summed E-state index contributed by atoms with van der Waals surface area (Å²) in [4.78, 5) is 20.3. The summed E-state index contributed by atoms with van der Waals surface area (Å²) in [6.07, 6.45) is 0.116. The van der Waals surface area contributed by atoms with E-state index >= 15 is 0 Å². The number of nitrogens with zero attached hydrogens (tertiary/aromatic N) is 1. The van der Waals surface area contributed by atoms with E-state index in [4.69, 9.17) is 0 Å². The maximum absolute atomic E-state index is 13.1. The summed E-state index contributed by atoms with van der Waals surface area (Å²) in [6.45, 7) is 0. The van der Waals surface area contributed by atoms with Crippen molar-refractivity contribution >= 4 is 27.6 Å². The molecule has 0 fully saturated rings. The van der Waals surface area contributed by atoms with E-state index in [1.54, 1.807) is 0 Å². The average molecular weight is 306 g/mol. The molecule has 0 N–H and O–H groups in total. The summed E-state index contributed by atoms with van der Waals surface area (Å²) in [5.74, 6) is -1.23. The van der Waals surface area contributed by atoms with Crippen LogP contribution in [-0.2, 0) is 16.0 Å². The van der Waals surface area contributed by atoms with Crippen molar-refractivity contribution in [3.8, 4) is 0 Å². The van der Waals surface area contributed by atoms with Gasteiger partial charge in [0.15, 0.2) is 0 Å². The van der Waals surface area contributed by atoms with Crippen molar-refractivity contribution in [3.05, 3.63) is 39.7 Å². The molecule has 1 aromatic carbocycles. The number of halogens is 2. The third-order valence-electron chi connectivity index (χ3n) is 2.03. The first kappa shape index (κ1) is 13.6. The van der Waals surface area contributed by atoms with Crippen LogP contribution in [0.3, 0.4) is 0 Å². The second-order valence-corrected chi connectivity index (χ2v) is 4.37. The molecule has 1 aromatic rings. The van der Waals surface area contributed by atoms with Crippen molar-refractivity contribution < 1.29 is 18.8 Å². The van der Waals surface area contributed by atoms with Gasteiger partial charge in [0, 0.05) is 6.07 Å². The molecular weight excluding hydrogens is 297 g/mol. The highest BCUT2D eigenvalue weighted by molar-refractivity contribution is 9.10. The van der Waals surface area contributed by atoms with Gasteiger partial charge in [-0.05, 0) is 18.1 Å². The van der Waals surface area contributed by atoms with E-state index in [2.05, 4.69) is 20.7 Å². The van der Waals surface area contributed by atoms with E-state index in [-0.39, 0.29) is 12.1 Å². The van der Waals surface area contributed by atoms with Gasteiger partial charge in [-0.3, -0.25) is 14.9 Å². The van der Waals surface area contributed by atoms with Gasteiger partial charge in [0.05, 0.1) is 18.1 Å². The fourth-order valence-electron chi connectivity index (χ4n) is 1.27. The zero-order chi connectivity index (χ0) is 13.0. The van der Waals surface area contributed by atoms with E-state index in [1.165, 1.54) is 13.2 Å². The van der Waals surface area contributed by atoms with Crippen LogP contribution < -0.4 is 0 Å². The highest BCUT2D eigenvalue weighted by Gasteiger charge is 2.18. The Bertz CT molecular complexity index is 452. The molecule has 0 amide bonds. The van der Waals surface area contributed by atoms with Gasteiger partial charge in [0.25, 0.3) is 5.69 Å². The third-order valence-corrected chi connectivity index (χ3v) is 2.72. The van der Waals surface area contributed by atoms with E-state index in [9.17, 15) is 19.3 Å². The molecule has 0 spiro atoms. The van der Waals surface area contributed by atoms with Gasteiger partial charge in [0.2, 0.25) is 0 Å². The summed E-state index contributed by atoms with van der Waals surface area (Å²) in [5.41, 5.74) is 0.00791. The monoisotopic (exact) mass is 305 g/mol. The number of methoxy groups -OCH3 is 1. The molecule has 0 saturated heterocycles. The minimum Gasteiger partial charge on any atom is -0.468 e. The van der Waals surface area contributed by atoms with Gasteiger partial charge in [-0.2, -0.15) is 0 Å². The Morgan fingerprint density at radius 3 is 2.76 bits per heavy atom. The Morgan fingerprint density at radius 2 is 2.24 bits per heavy atom. The summed E-state index contributed by atoms with van der Waals surface area (Å²) in [7, 11) is 1.23. The molecule has 0 aromatic heterocycles. The minimum atomic E-state index is -0.709. The van der Waals surface area contributed by atoms with Gasteiger partial charge in [-0.15, -0.1) is 0 Å². The second-order valence-electron chi connectivity index (χ2n) is 3.27. The molecular formula is C10H9BrFNO4. The fourth-order valence-corrected chi connectivity index (χ4v) is 1.84. The maximum Gasteiger partial charge on any atom is 0.319 e. The average Bonchev–Trinajstić information content (AvgIpc) is 2.26. The van der Waals surface area contributed by atoms with Crippen LogP contribution in [0.5, 0.6) is 0 Å². The van der Waals surface area contributed by atoms with Crippen LogP contribution in [0.2, 0.25) is 0 Å². The number of non-ortho nitro benzene ring substituents is 1. The molecule has 0 aliphatic heterocycles. The van der Waals surface area contributed by atoms with E-state index < -0.39 is 21.5 Å². The normalized spacial score (nSPS) is 11.9. The van der Waals surface area contributed by atoms with Crippen molar-refractivity contribution in [2.45, 2.75) is 11.2 Å². The van der Waals surface area contributed by atoms with E-state index in [0.29, 0.717) is 5.56 Å². The number of hydrogen-bond acceptors (Lipinski definition) is 4. The van der Waals surface area contributed by atoms with Crippen molar-refractivity contribution in [1.29, 1.82) is 0 Å². The Morgan fingerprint density at radius 1 is 1.59 bits per heavy atom. The molecule has 0 aliphatic carbocycles. The van der Waals surface area contributed by atoms with Crippen LogP contribution in [0.1, 0.15) is 5.56 Å². The molecule has 0 saturated carbocycles. The summed E-state index contributed by atoms with van der Waals surface area (Å²) in [6, 6.07) is 3.19. The lowest BCUT2D eigenvalue weighted by molar-refractivity contribution is -0.385. The van der Waals surface area contributed by atoms with Crippen LogP contribution in [0.25, 0.3) is 0 Å². The maximum atomic E-state index is 13.1. The molecule has 1 unspecified atom stereocenters. The van der Waals surface area contributed by atoms with Gasteiger partial charge >= 0.3 is 5.97 Å². The molecule has 92 valence electrons. The number of esters is 1. The first-order valence-electron chi connectivity index (χ1n) is 4.59. The SMILES string of the molecule is COC(=O)C(Br)Cc1cc(F)cc([N+](=O)[O-])c1. The third kappa shape index (κ3) is 3.77. The van der Waals surface area contributed by atoms with Crippen molar-refractivity contribution in [1.82, 2.24) is 0 Å². The molecule has 0 aliphatic rings. The number of benzene rings is 1. The molecule has 17 heavy (non-hydrogen) atoms. The van der Waals surface area contributed by atoms with Crippen LogP contribution in [0, 0.1) is 15.9 Å². The van der Waals surface area contributed by atoms with Gasteiger partial charge < -0.3 is 4.74 Å². The van der Waals surface area contributed by atoms with E-state index in [0.717, 1.165) is 12.1 Å². The molecule has 0 bridgehead atoms. The van der Waals surface area contributed by atoms with Crippen molar-refractivity contribution in [2.75, 3.05) is 7.11 Å². The number of ether oxygens (including phenoxy) is 1. The number of nitro groups is 1. The minimum absolute atomic E-state index is 0.116. The van der Waals surface area contributed by atoms with Crippen LogP contribution in [0.15, 0.2) is 18.2 Å². The first-order chi connectivity index (χ1) is 7.93. The summed E-state index contributed by atoms with van der Waals surface area (Å²) in [5, 5.41) is 10.5. The van der Waals surface area contributed by atoms with Crippen molar-refractivity contribution in [2.24, 2.45) is 0 Å². The number of hydrogen-bond donors (Lipinski definition) is 0. The standard InChI is InChI=1S/C10H9BrFNO4/c1-17-10(14)9(11)4-6-2-7(12)5-8(3-6)13(15)16/h2-3,5,9H,4H2,1H3. The van der Waals surface area contributed by atoms with Gasteiger partial charge in [0.1, 0.15) is 10.6 Å². The van der Waals surface area contributed by atoms with Crippen LogP contribution in [-0.4, -0.2) is 22.8 Å². The number of rotatable bonds is 4. The van der Waals surface area contributed by atoms with Crippen LogP contribution in [0.4, 0.5) is 10.1 Å². The highest BCUT2D eigenvalue weighted by atomic mass is 79.9. The first-order valence-corrected chi connectivity index (χ1v) is 5.51. The topological polar surface area (TPSA) is 69.4 Å². The summed E-state index contributed by atoms with van der Waals surface area (Å²) < 4.78 is 17.6. The quantitative estimate of drug-likeness (QED) is 0.370. The molecule has 7 heteroatoms. The Labute approximate surface area is 105 Å². The molecule has 0 heterocycles. The van der Waals surface area contributed by atoms with Gasteiger partial charge in [-0.1, -0.05) is 15.9 Å². The molecule has 1 rings (SSSR count). The lowest BCUT2D eigenvalue weighted by atomic mass is 10.1. The second kappa shape index (κ2) is 5.72. The molecule has 5 nitrogen and oxygen atoms in total. The lowest BCUT2D eigenvalue weighted by Gasteiger charge is -2.07. The lowest BCUT2D eigenvalue weighted by Crippen LogP contribution is -2.18. The number of nitro benzene ring substituents is 1. The smallest absolute Gasteiger partial charge is 0.319 e. The zero-order valence-corrected chi connectivity index (χ0v) is 10.4. The van der Waals surface area contributed by atoms with Crippen LogP contribution >= 0.6 is 15.9 Å². The molecule has 1 atom stereocenters. The number of carbonyl (C=O) groups excluding carboxylic acids is 1. The fraction of sp³-hybridized carbons (Fsp3) is 0.300. The zero-order valence-electron chi connectivity index (χ0n) is 8.85. The predicted octanol–water partition coefficient (Wildman–Crippen LogP) is 2.21. The summed E-state index contributed by atoms with van der Waals surface area (Å²) >= 11 is 3.06. The Hall–Kier alpha value is -1.50. The number of carbonyl (C=O) groups is 1. The van der Waals surface area contributed by atoms with E-state index in [1.807, 2.05) is 0 Å².